The number of H-pyrrole nitrogens is 1. The average molecular weight is 817 g/mol. The Bertz CT molecular complexity index is 1840. The number of nitrogens with zero attached hydrogens (tertiary/aromatic N) is 2. The summed E-state index contributed by atoms with van der Waals surface area (Å²) in [5.74, 6) is -4.47. The summed E-state index contributed by atoms with van der Waals surface area (Å²) in [5.41, 5.74) is 8.01. The predicted octanol–water partition coefficient (Wildman–Crippen LogP) is 2.22. The topological polar surface area (TPSA) is 249 Å². The van der Waals surface area contributed by atoms with E-state index in [4.69, 9.17) is 5.73 Å². The number of hydrogen-bond donors (Lipinski definition) is 8. The zero-order chi connectivity index (χ0) is 43.1. The molecule has 1 aliphatic rings. The summed E-state index contributed by atoms with van der Waals surface area (Å²) in [5, 5.41) is 30.9. The van der Waals surface area contributed by atoms with Crippen LogP contribution < -0.4 is 27.0 Å². The Kier molecular flexibility index (Phi) is 17.4. The van der Waals surface area contributed by atoms with E-state index < -0.39 is 77.6 Å². The number of carbonyl (C=O) groups excluding carboxylic acids is 5. The number of carboxylic acid groups (broad SMARTS) is 1. The molecule has 59 heavy (non-hydrogen) atoms. The molecule has 5 amide bonds. The lowest BCUT2D eigenvalue weighted by atomic mass is 9.94. The van der Waals surface area contributed by atoms with E-state index in [1.165, 1.54) is 29.6 Å². The van der Waals surface area contributed by atoms with E-state index in [0.717, 1.165) is 5.56 Å². The molecule has 0 spiro atoms. The SMILES string of the molecule is CCC(C)C(NC(=O)C(Cc1ccc(O)cc1)NC(=O)C(CN)CC(C)C)C(=O)NC(Cc1cnc[nH]1)C(=O)N1CCCC1C(=O)NC(CC(=O)O)Cc1ccccc1. The first-order valence-electron chi connectivity index (χ1n) is 20.4. The van der Waals surface area contributed by atoms with Gasteiger partial charge in [-0.15, -0.1) is 0 Å². The number of likely N-dealkylation sites (tertiary alicyclic amines) is 1. The van der Waals surface area contributed by atoms with E-state index in [1.54, 1.807) is 19.1 Å². The lowest BCUT2D eigenvalue weighted by Gasteiger charge is -2.32. The molecule has 7 atom stereocenters. The van der Waals surface area contributed by atoms with Crippen LogP contribution >= 0.6 is 0 Å². The molecule has 1 saturated heterocycles. The standard InChI is InChI=1S/C43H60N8O8/c1-5-27(4)38(50-40(56)34(20-29-13-15-33(52)16-14-29)48-39(55)30(23-44)18-26(2)3)42(58)49-35(21-32-24-45-25-46-32)43(59)51-17-9-12-36(51)41(57)47-31(22-37(53)54)19-28-10-7-6-8-11-28/h6-8,10-11,13-16,24-27,30-31,34-36,38,52H,5,9,12,17-23,44H2,1-4H3,(H,45,46)(H,47,57)(H,48,55)(H,49,58)(H,50,56)(H,53,54). The third-order valence-corrected chi connectivity index (χ3v) is 10.7. The molecule has 7 unspecified atom stereocenters. The van der Waals surface area contributed by atoms with Gasteiger partial charge in [0.15, 0.2) is 0 Å². The van der Waals surface area contributed by atoms with Gasteiger partial charge in [0, 0.05) is 43.9 Å². The van der Waals surface area contributed by atoms with Gasteiger partial charge in [-0.1, -0.05) is 76.6 Å². The second-order valence-electron chi connectivity index (χ2n) is 15.9. The highest BCUT2D eigenvalue weighted by Crippen LogP contribution is 2.21. The molecule has 1 aromatic heterocycles. The van der Waals surface area contributed by atoms with Crippen LogP contribution in [-0.4, -0.2) is 104 Å². The van der Waals surface area contributed by atoms with Crippen molar-refractivity contribution in [3.05, 3.63) is 83.9 Å². The van der Waals surface area contributed by atoms with Gasteiger partial charge in [-0.3, -0.25) is 28.8 Å². The molecule has 3 aromatic rings. The number of hydrogen-bond acceptors (Lipinski definition) is 9. The Balaban J connectivity index is 1.56. The van der Waals surface area contributed by atoms with E-state index in [-0.39, 0.29) is 50.4 Å². The smallest absolute Gasteiger partial charge is 0.305 e. The second kappa shape index (κ2) is 22.4. The van der Waals surface area contributed by atoms with Crippen LogP contribution in [0.4, 0.5) is 0 Å². The molecule has 0 saturated carbocycles. The number of aromatic nitrogens is 2. The molecule has 1 aliphatic heterocycles. The Morgan fingerprint density at radius 3 is 2.15 bits per heavy atom. The molecule has 320 valence electrons. The van der Waals surface area contributed by atoms with Crippen LogP contribution in [0.15, 0.2) is 67.1 Å². The van der Waals surface area contributed by atoms with Crippen LogP contribution in [0.25, 0.3) is 0 Å². The number of aromatic amines is 1. The Hall–Kier alpha value is -5.77. The third-order valence-electron chi connectivity index (χ3n) is 10.7. The van der Waals surface area contributed by atoms with Crippen LogP contribution in [0.1, 0.15) is 76.6 Å². The summed E-state index contributed by atoms with van der Waals surface area (Å²) in [6, 6.07) is 10.4. The zero-order valence-electron chi connectivity index (χ0n) is 34.4. The molecular formula is C43H60N8O8. The maximum Gasteiger partial charge on any atom is 0.305 e. The van der Waals surface area contributed by atoms with Gasteiger partial charge in [0.2, 0.25) is 29.5 Å². The summed E-state index contributed by atoms with van der Waals surface area (Å²) in [6.07, 6.45) is 4.85. The van der Waals surface area contributed by atoms with Crippen molar-refractivity contribution in [3.63, 3.8) is 0 Å². The van der Waals surface area contributed by atoms with Crippen LogP contribution in [0, 0.1) is 17.8 Å². The van der Waals surface area contributed by atoms with Gasteiger partial charge in [-0.25, -0.2) is 4.98 Å². The van der Waals surface area contributed by atoms with Crippen LogP contribution in [0.3, 0.4) is 0 Å². The molecular weight excluding hydrogens is 757 g/mol. The molecule has 16 heteroatoms. The molecule has 1 fully saturated rings. The van der Waals surface area contributed by atoms with E-state index in [1.807, 2.05) is 51.1 Å². The minimum atomic E-state index is -1.17. The molecule has 16 nitrogen and oxygen atoms in total. The number of rotatable bonds is 22. The quantitative estimate of drug-likeness (QED) is 0.0735. The molecule has 0 radical (unpaired) electrons. The van der Waals surface area contributed by atoms with E-state index in [0.29, 0.717) is 36.9 Å². The first-order valence-corrected chi connectivity index (χ1v) is 20.4. The number of imidazole rings is 1. The van der Waals surface area contributed by atoms with Crippen molar-refractivity contribution >= 4 is 35.5 Å². The summed E-state index contributed by atoms with van der Waals surface area (Å²) in [4.78, 5) is 90.3. The normalized spacial score (nSPS) is 16.9. The highest BCUT2D eigenvalue weighted by Gasteiger charge is 2.40. The van der Waals surface area contributed by atoms with Crippen molar-refractivity contribution in [1.82, 2.24) is 36.1 Å². The van der Waals surface area contributed by atoms with E-state index >= 15 is 0 Å². The van der Waals surface area contributed by atoms with Gasteiger partial charge in [0.05, 0.1) is 18.7 Å². The summed E-state index contributed by atoms with van der Waals surface area (Å²) >= 11 is 0. The number of carbonyl (C=O) groups is 6. The van der Waals surface area contributed by atoms with Crippen molar-refractivity contribution in [3.8, 4) is 5.75 Å². The van der Waals surface area contributed by atoms with Gasteiger partial charge < -0.3 is 47.1 Å². The van der Waals surface area contributed by atoms with Gasteiger partial charge in [-0.2, -0.15) is 0 Å². The summed E-state index contributed by atoms with van der Waals surface area (Å²) < 4.78 is 0. The molecule has 9 N–H and O–H groups in total. The van der Waals surface area contributed by atoms with Crippen molar-refractivity contribution in [2.75, 3.05) is 13.1 Å². The Morgan fingerprint density at radius 2 is 1.54 bits per heavy atom. The lowest BCUT2D eigenvalue weighted by Crippen LogP contribution is -2.60. The number of amides is 5. The van der Waals surface area contributed by atoms with Crippen molar-refractivity contribution in [2.45, 2.75) is 109 Å². The van der Waals surface area contributed by atoms with Crippen LogP contribution in [0.2, 0.25) is 0 Å². The van der Waals surface area contributed by atoms with Crippen molar-refractivity contribution < 1.29 is 39.0 Å². The fraction of sp³-hybridized carbons (Fsp3) is 0.512. The minimum absolute atomic E-state index is 0.00208. The molecule has 4 rings (SSSR count). The first-order chi connectivity index (χ1) is 28.2. The highest BCUT2D eigenvalue weighted by molar-refractivity contribution is 5.96. The molecule has 2 heterocycles. The third kappa shape index (κ3) is 13.9. The van der Waals surface area contributed by atoms with Gasteiger partial charge >= 0.3 is 5.97 Å². The fourth-order valence-corrected chi connectivity index (χ4v) is 7.36. The van der Waals surface area contributed by atoms with Crippen molar-refractivity contribution in [2.24, 2.45) is 23.5 Å². The van der Waals surface area contributed by atoms with Gasteiger partial charge in [0.25, 0.3) is 0 Å². The number of benzene rings is 2. The Labute approximate surface area is 345 Å². The number of aromatic hydroxyl groups is 1. The average Bonchev–Trinajstić information content (AvgIpc) is 3.92. The highest BCUT2D eigenvalue weighted by atomic mass is 16.4. The van der Waals surface area contributed by atoms with E-state index in [2.05, 4.69) is 31.2 Å². The van der Waals surface area contributed by atoms with Gasteiger partial charge in [-0.05, 0) is 60.8 Å². The van der Waals surface area contributed by atoms with Crippen LogP contribution in [0.5, 0.6) is 5.75 Å². The maximum atomic E-state index is 14.4. The number of phenolic OH excluding ortho intramolecular Hbond substituents is 1. The number of carboxylic acids is 1. The zero-order valence-corrected chi connectivity index (χ0v) is 34.4. The molecule has 0 aliphatic carbocycles. The first kappa shape index (κ1) is 45.9. The number of nitrogens with two attached hydrogens (primary N) is 1. The van der Waals surface area contributed by atoms with Crippen LogP contribution in [-0.2, 0) is 48.0 Å². The number of nitrogens with one attached hydrogen (secondary N) is 5. The monoisotopic (exact) mass is 816 g/mol. The van der Waals surface area contributed by atoms with Crippen molar-refractivity contribution in [1.29, 1.82) is 0 Å². The molecule has 2 aromatic carbocycles. The fourth-order valence-electron chi connectivity index (χ4n) is 7.36. The predicted molar refractivity (Wildman–Crippen MR) is 220 cm³/mol. The number of aliphatic carboxylic acids is 1. The number of phenols is 1. The maximum absolute atomic E-state index is 14.4. The minimum Gasteiger partial charge on any atom is -0.508 e. The van der Waals surface area contributed by atoms with E-state index in [9.17, 15) is 39.0 Å². The second-order valence-corrected chi connectivity index (χ2v) is 15.9. The Morgan fingerprint density at radius 1 is 0.864 bits per heavy atom. The lowest BCUT2D eigenvalue weighted by molar-refractivity contribution is -0.142. The summed E-state index contributed by atoms with van der Waals surface area (Å²) in [7, 11) is 0. The molecule has 0 bridgehead atoms. The van der Waals surface area contributed by atoms with Gasteiger partial charge in [0.1, 0.15) is 29.9 Å². The largest absolute Gasteiger partial charge is 0.508 e. The summed E-state index contributed by atoms with van der Waals surface area (Å²) in [6.45, 7) is 7.91.